The zero-order valence-electron chi connectivity index (χ0n) is 13.5. The predicted octanol–water partition coefficient (Wildman–Crippen LogP) is 3.12. The van der Waals surface area contributed by atoms with Gasteiger partial charge in [0.1, 0.15) is 5.82 Å². The fourth-order valence-electron chi connectivity index (χ4n) is 2.33. The number of methoxy groups -OCH3 is 2. The summed E-state index contributed by atoms with van der Waals surface area (Å²) in [5, 5.41) is 2.80. The van der Waals surface area contributed by atoms with Crippen LogP contribution in [-0.2, 0) is 6.42 Å². The van der Waals surface area contributed by atoms with E-state index < -0.39 is 0 Å². The number of hydrogen-bond donors (Lipinski definition) is 1. The van der Waals surface area contributed by atoms with Crippen molar-refractivity contribution in [1.82, 2.24) is 5.32 Å². The summed E-state index contributed by atoms with van der Waals surface area (Å²) in [6.45, 7) is 2.18. The molecule has 0 atom stereocenters. The number of halogens is 1. The molecule has 122 valence electrons. The first-order valence-electron chi connectivity index (χ1n) is 7.31. The summed E-state index contributed by atoms with van der Waals surface area (Å²) in [6.07, 6.45) is 0.435. The smallest absolute Gasteiger partial charge is 0.251 e. The Morgan fingerprint density at radius 3 is 2.43 bits per heavy atom. The van der Waals surface area contributed by atoms with E-state index in [9.17, 15) is 9.18 Å². The van der Waals surface area contributed by atoms with Crippen molar-refractivity contribution in [2.75, 3.05) is 20.8 Å². The van der Waals surface area contributed by atoms with Crippen molar-refractivity contribution < 1.29 is 18.7 Å². The Bertz CT molecular complexity index is 701. The Labute approximate surface area is 135 Å². The maximum Gasteiger partial charge on any atom is 0.251 e. The van der Waals surface area contributed by atoms with Gasteiger partial charge in [0, 0.05) is 12.1 Å². The van der Waals surface area contributed by atoms with E-state index in [1.165, 1.54) is 13.2 Å². The van der Waals surface area contributed by atoms with Gasteiger partial charge in [-0.3, -0.25) is 4.79 Å². The lowest BCUT2D eigenvalue weighted by Gasteiger charge is -2.13. The van der Waals surface area contributed by atoms with E-state index in [1.807, 2.05) is 6.92 Å². The molecule has 0 aliphatic carbocycles. The van der Waals surface area contributed by atoms with Gasteiger partial charge in [0.25, 0.3) is 5.91 Å². The van der Waals surface area contributed by atoms with Crippen LogP contribution in [-0.4, -0.2) is 26.7 Å². The summed E-state index contributed by atoms with van der Waals surface area (Å²) in [4.78, 5) is 12.3. The topological polar surface area (TPSA) is 47.6 Å². The fourth-order valence-corrected chi connectivity index (χ4v) is 2.33. The molecule has 0 saturated heterocycles. The Morgan fingerprint density at radius 2 is 1.78 bits per heavy atom. The van der Waals surface area contributed by atoms with Crippen LogP contribution < -0.4 is 14.8 Å². The lowest BCUT2D eigenvalue weighted by molar-refractivity contribution is 0.0953. The second-order valence-corrected chi connectivity index (χ2v) is 5.12. The van der Waals surface area contributed by atoms with Crippen LogP contribution in [0.25, 0.3) is 0 Å². The minimum absolute atomic E-state index is 0.222. The third kappa shape index (κ3) is 4.00. The van der Waals surface area contributed by atoms with E-state index in [0.29, 0.717) is 35.6 Å². The van der Waals surface area contributed by atoms with Crippen LogP contribution in [0.4, 0.5) is 4.39 Å². The van der Waals surface area contributed by atoms with Crippen molar-refractivity contribution in [1.29, 1.82) is 0 Å². The standard InChI is InChI=1S/C18H20FNO3/c1-12-10-16(22-2)17(23-3)11-14(12)18(21)20-9-8-13-6-4-5-7-15(13)19/h4-7,10-11H,8-9H2,1-3H3,(H,20,21). The SMILES string of the molecule is COc1cc(C)c(C(=O)NCCc2ccccc2F)cc1OC. The number of amides is 1. The Hall–Kier alpha value is -2.56. The van der Waals surface area contributed by atoms with Gasteiger partial charge in [-0.05, 0) is 42.7 Å². The summed E-state index contributed by atoms with van der Waals surface area (Å²) in [6, 6.07) is 9.94. The summed E-state index contributed by atoms with van der Waals surface area (Å²) < 4.78 is 24.0. The first-order valence-corrected chi connectivity index (χ1v) is 7.31. The number of nitrogens with one attached hydrogen (secondary N) is 1. The van der Waals surface area contributed by atoms with Crippen LogP contribution in [0.3, 0.4) is 0 Å². The molecule has 1 N–H and O–H groups in total. The molecule has 4 nitrogen and oxygen atoms in total. The number of benzene rings is 2. The molecule has 2 rings (SSSR count). The van der Waals surface area contributed by atoms with Crippen molar-refractivity contribution in [3.63, 3.8) is 0 Å². The van der Waals surface area contributed by atoms with Crippen LogP contribution in [0.15, 0.2) is 36.4 Å². The molecule has 2 aromatic carbocycles. The molecule has 1 amide bonds. The monoisotopic (exact) mass is 317 g/mol. The van der Waals surface area contributed by atoms with E-state index in [2.05, 4.69) is 5.32 Å². The minimum Gasteiger partial charge on any atom is -0.493 e. The van der Waals surface area contributed by atoms with E-state index in [0.717, 1.165) is 5.56 Å². The number of aryl methyl sites for hydroxylation is 1. The maximum absolute atomic E-state index is 13.5. The van der Waals surface area contributed by atoms with Crippen LogP contribution in [0.5, 0.6) is 11.5 Å². The second-order valence-electron chi connectivity index (χ2n) is 5.12. The van der Waals surface area contributed by atoms with Gasteiger partial charge in [-0.25, -0.2) is 4.39 Å². The zero-order valence-corrected chi connectivity index (χ0v) is 13.5. The van der Waals surface area contributed by atoms with Gasteiger partial charge < -0.3 is 14.8 Å². The molecule has 5 heteroatoms. The minimum atomic E-state index is -0.260. The predicted molar refractivity (Wildman–Crippen MR) is 86.7 cm³/mol. The summed E-state index contributed by atoms with van der Waals surface area (Å²) in [5.41, 5.74) is 1.87. The van der Waals surface area contributed by atoms with Gasteiger partial charge >= 0.3 is 0 Å². The van der Waals surface area contributed by atoms with Crippen molar-refractivity contribution in [3.05, 3.63) is 58.9 Å². The number of hydrogen-bond acceptors (Lipinski definition) is 3. The highest BCUT2D eigenvalue weighted by Gasteiger charge is 2.14. The van der Waals surface area contributed by atoms with E-state index in [1.54, 1.807) is 37.4 Å². The van der Waals surface area contributed by atoms with Gasteiger partial charge in [-0.15, -0.1) is 0 Å². The molecule has 0 radical (unpaired) electrons. The first-order chi connectivity index (χ1) is 11.1. The highest BCUT2D eigenvalue weighted by molar-refractivity contribution is 5.96. The molecule has 0 bridgehead atoms. The molecule has 23 heavy (non-hydrogen) atoms. The fraction of sp³-hybridized carbons (Fsp3) is 0.278. The highest BCUT2D eigenvalue weighted by atomic mass is 19.1. The van der Waals surface area contributed by atoms with Crippen LogP contribution in [0.2, 0.25) is 0 Å². The van der Waals surface area contributed by atoms with E-state index >= 15 is 0 Å². The molecule has 0 aliphatic rings. The van der Waals surface area contributed by atoms with Gasteiger partial charge in [0.05, 0.1) is 14.2 Å². The van der Waals surface area contributed by atoms with Gasteiger partial charge in [0.15, 0.2) is 11.5 Å². The lowest BCUT2D eigenvalue weighted by Crippen LogP contribution is -2.26. The molecule has 0 heterocycles. The van der Waals surface area contributed by atoms with Crippen molar-refractivity contribution in [2.24, 2.45) is 0 Å². The van der Waals surface area contributed by atoms with Crippen molar-refractivity contribution in [3.8, 4) is 11.5 Å². The molecule has 0 aliphatic heterocycles. The Kier molecular flexibility index (Phi) is 5.57. The third-order valence-electron chi connectivity index (χ3n) is 3.61. The zero-order chi connectivity index (χ0) is 16.8. The maximum atomic E-state index is 13.5. The molecule has 0 spiro atoms. The molecule has 2 aromatic rings. The first kappa shape index (κ1) is 16.8. The van der Waals surface area contributed by atoms with Crippen LogP contribution in [0.1, 0.15) is 21.5 Å². The highest BCUT2D eigenvalue weighted by Crippen LogP contribution is 2.30. The number of ether oxygens (including phenoxy) is 2. The number of rotatable bonds is 6. The average molecular weight is 317 g/mol. The van der Waals surface area contributed by atoms with Gasteiger partial charge in [-0.1, -0.05) is 18.2 Å². The molecule has 0 aromatic heterocycles. The summed E-state index contributed by atoms with van der Waals surface area (Å²) in [5.74, 6) is 0.592. The van der Waals surface area contributed by atoms with E-state index in [-0.39, 0.29) is 11.7 Å². The average Bonchev–Trinajstić information content (AvgIpc) is 2.56. The number of carbonyl (C=O) groups excluding carboxylic acids is 1. The molecule has 0 saturated carbocycles. The van der Waals surface area contributed by atoms with Crippen molar-refractivity contribution in [2.45, 2.75) is 13.3 Å². The second kappa shape index (κ2) is 7.63. The lowest BCUT2D eigenvalue weighted by atomic mass is 10.1. The molecular weight excluding hydrogens is 297 g/mol. The van der Waals surface area contributed by atoms with E-state index in [4.69, 9.17) is 9.47 Å². The Balaban J connectivity index is 2.05. The van der Waals surface area contributed by atoms with Gasteiger partial charge in [0.2, 0.25) is 0 Å². The molecule has 0 fully saturated rings. The summed E-state index contributed by atoms with van der Waals surface area (Å²) >= 11 is 0. The molecular formula is C18H20FNO3. The van der Waals surface area contributed by atoms with Crippen LogP contribution in [0, 0.1) is 12.7 Å². The van der Waals surface area contributed by atoms with Crippen molar-refractivity contribution >= 4 is 5.91 Å². The number of carbonyl (C=O) groups is 1. The van der Waals surface area contributed by atoms with Gasteiger partial charge in [-0.2, -0.15) is 0 Å². The quantitative estimate of drug-likeness (QED) is 0.890. The normalized spacial score (nSPS) is 10.3. The largest absolute Gasteiger partial charge is 0.493 e. The summed E-state index contributed by atoms with van der Waals surface area (Å²) in [7, 11) is 3.07. The van der Waals surface area contributed by atoms with Crippen LogP contribution >= 0.6 is 0 Å². The molecule has 0 unspecified atom stereocenters. The Morgan fingerprint density at radius 1 is 1.13 bits per heavy atom. The third-order valence-corrected chi connectivity index (χ3v) is 3.61.